The fraction of sp³-hybridized carbons (Fsp3) is 0.450. The Bertz CT molecular complexity index is 746. The second-order valence-corrected chi connectivity index (χ2v) is 9.67. The molecule has 1 aliphatic rings. The van der Waals surface area contributed by atoms with Crippen LogP contribution in [0.5, 0.6) is 0 Å². The van der Waals surface area contributed by atoms with Gasteiger partial charge in [0.05, 0.1) is 10.9 Å². The number of amides is 1. The standard InChI is InChI=1S/C20H26ClN3OS2/c1-2-23(14-18-6-7-19(21)27-18)15-20(25)22-17-5-3-4-16(12-17)13-24-8-10-26-11-9-24/h3-7,12H,2,8-11,13-15H2,1H3,(H,22,25). The first-order chi connectivity index (χ1) is 13.1. The molecule has 1 N–H and O–H groups in total. The number of thioether (sulfide) groups is 1. The fourth-order valence-corrected chi connectivity index (χ4v) is 5.21. The van der Waals surface area contributed by atoms with E-state index in [4.69, 9.17) is 11.6 Å². The summed E-state index contributed by atoms with van der Waals surface area (Å²) in [6.45, 7) is 7.23. The molecule has 1 aliphatic heterocycles. The highest BCUT2D eigenvalue weighted by molar-refractivity contribution is 7.99. The van der Waals surface area contributed by atoms with E-state index >= 15 is 0 Å². The SMILES string of the molecule is CCN(CC(=O)Nc1cccc(CN2CCSCC2)c1)Cc1ccc(Cl)s1. The minimum Gasteiger partial charge on any atom is -0.325 e. The van der Waals surface area contributed by atoms with E-state index in [0.29, 0.717) is 6.54 Å². The maximum Gasteiger partial charge on any atom is 0.238 e. The van der Waals surface area contributed by atoms with Gasteiger partial charge in [0.2, 0.25) is 5.91 Å². The Morgan fingerprint density at radius 1 is 1.26 bits per heavy atom. The summed E-state index contributed by atoms with van der Waals surface area (Å²) in [5, 5.41) is 3.05. The number of benzene rings is 1. The van der Waals surface area contributed by atoms with Gasteiger partial charge in [0.15, 0.2) is 0 Å². The van der Waals surface area contributed by atoms with E-state index in [1.807, 2.05) is 36.0 Å². The first-order valence-electron chi connectivity index (χ1n) is 9.28. The number of carbonyl (C=O) groups is 1. The van der Waals surface area contributed by atoms with E-state index in [9.17, 15) is 4.79 Å². The number of anilines is 1. The minimum absolute atomic E-state index is 0.0195. The molecule has 0 saturated carbocycles. The molecular formula is C20H26ClN3OS2. The molecule has 146 valence electrons. The number of halogens is 1. The summed E-state index contributed by atoms with van der Waals surface area (Å²) in [4.78, 5) is 18.3. The topological polar surface area (TPSA) is 35.6 Å². The molecule has 1 fully saturated rings. The summed E-state index contributed by atoms with van der Waals surface area (Å²) in [6.07, 6.45) is 0. The third-order valence-corrected chi connectivity index (χ3v) is 6.70. The third kappa shape index (κ3) is 6.80. The number of nitrogens with zero attached hydrogens (tertiary/aromatic N) is 2. The van der Waals surface area contributed by atoms with Crippen LogP contribution in [0, 0.1) is 0 Å². The van der Waals surface area contributed by atoms with E-state index in [2.05, 4.69) is 34.2 Å². The number of nitrogens with one attached hydrogen (secondary N) is 1. The molecule has 3 rings (SSSR count). The molecule has 0 bridgehead atoms. The summed E-state index contributed by atoms with van der Waals surface area (Å²) in [6, 6.07) is 12.1. The van der Waals surface area contributed by atoms with Crippen molar-refractivity contribution >= 4 is 46.3 Å². The molecule has 0 radical (unpaired) electrons. The number of rotatable bonds is 8. The lowest BCUT2D eigenvalue weighted by Crippen LogP contribution is -2.33. The average Bonchev–Trinajstić information content (AvgIpc) is 3.07. The van der Waals surface area contributed by atoms with Crippen LogP contribution >= 0.6 is 34.7 Å². The van der Waals surface area contributed by atoms with Crippen LogP contribution in [0.25, 0.3) is 0 Å². The van der Waals surface area contributed by atoms with E-state index in [1.165, 1.54) is 21.9 Å². The molecule has 1 aromatic heterocycles. The summed E-state index contributed by atoms with van der Waals surface area (Å²) >= 11 is 9.59. The number of hydrogen-bond donors (Lipinski definition) is 1. The Labute approximate surface area is 174 Å². The highest BCUT2D eigenvalue weighted by Gasteiger charge is 2.13. The van der Waals surface area contributed by atoms with Gasteiger partial charge in [-0.25, -0.2) is 0 Å². The monoisotopic (exact) mass is 423 g/mol. The second-order valence-electron chi connectivity index (χ2n) is 6.65. The molecule has 2 heterocycles. The zero-order chi connectivity index (χ0) is 19.1. The molecule has 27 heavy (non-hydrogen) atoms. The van der Waals surface area contributed by atoms with Crippen LogP contribution in [0.3, 0.4) is 0 Å². The normalized spacial score (nSPS) is 15.2. The van der Waals surface area contributed by atoms with Crippen molar-refractivity contribution < 1.29 is 4.79 Å². The van der Waals surface area contributed by atoms with E-state index in [1.54, 1.807) is 11.3 Å². The van der Waals surface area contributed by atoms with Crippen LogP contribution in [-0.2, 0) is 17.9 Å². The molecule has 2 aromatic rings. The molecule has 0 aliphatic carbocycles. The lowest BCUT2D eigenvalue weighted by molar-refractivity contribution is -0.117. The molecule has 1 aromatic carbocycles. The molecular weight excluding hydrogens is 398 g/mol. The highest BCUT2D eigenvalue weighted by Crippen LogP contribution is 2.22. The molecule has 7 heteroatoms. The van der Waals surface area contributed by atoms with E-state index < -0.39 is 0 Å². The zero-order valence-corrected chi connectivity index (χ0v) is 18.0. The number of hydrogen-bond acceptors (Lipinski definition) is 5. The van der Waals surface area contributed by atoms with Gasteiger partial charge in [-0.2, -0.15) is 11.8 Å². The van der Waals surface area contributed by atoms with Crippen molar-refractivity contribution in [2.45, 2.75) is 20.0 Å². The second kappa shape index (κ2) is 10.5. The molecule has 0 atom stereocenters. The lowest BCUT2D eigenvalue weighted by Gasteiger charge is -2.26. The predicted octanol–water partition coefficient (Wildman–Crippen LogP) is 4.41. The molecule has 0 spiro atoms. The summed E-state index contributed by atoms with van der Waals surface area (Å²) in [7, 11) is 0. The average molecular weight is 424 g/mol. The number of thiophene rings is 1. The van der Waals surface area contributed by atoms with Crippen LogP contribution in [0.2, 0.25) is 4.34 Å². The van der Waals surface area contributed by atoms with E-state index in [0.717, 1.165) is 42.7 Å². The largest absolute Gasteiger partial charge is 0.325 e. The lowest BCUT2D eigenvalue weighted by atomic mass is 10.2. The van der Waals surface area contributed by atoms with Crippen molar-refractivity contribution in [1.82, 2.24) is 9.80 Å². The van der Waals surface area contributed by atoms with Crippen LogP contribution in [0.15, 0.2) is 36.4 Å². The van der Waals surface area contributed by atoms with Crippen molar-refractivity contribution in [1.29, 1.82) is 0 Å². The van der Waals surface area contributed by atoms with Crippen molar-refractivity contribution in [2.75, 3.05) is 43.0 Å². The van der Waals surface area contributed by atoms with Gasteiger partial charge >= 0.3 is 0 Å². The van der Waals surface area contributed by atoms with Gasteiger partial charge < -0.3 is 5.32 Å². The maximum atomic E-state index is 12.5. The van der Waals surface area contributed by atoms with Crippen molar-refractivity contribution in [3.05, 3.63) is 51.2 Å². The Hall–Kier alpha value is -1.05. The van der Waals surface area contributed by atoms with Crippen LogP contribution in [-0.4, -0.2) is 53.4 Å². The number of likely N-dealkylation sites (N-methyl/N-ethyl adjacent to an activating group) is 1. The molecule has 1 amide bonds. The first-order valence-corrected chi connectivity index (χ1v) is 11.6. The summed E-state index contributed by atoms with van der Waals surface area (Å²) < 4.78 is 0.787. The molecule has 0 unspecified atom stereocenters. The Balaban J connectivity index is 1.52. The third-order valence-electron chi connectivity index (χ3n) is 4.54. The zero-order valence-electron chi connectivity index (χ0n) is 15.6. The van der Waals surface area contributed by atoms with Crippen molar-refractivity contribution in [2.24, 2.45) is 0 Å². The smallest absolute Gasteiger partial charge is 0.238 e. The van der Waals surface area contributed by atoms with Gasteiger partial charge in [0, 0.05) is 48.2 Å². The van der Waals surface area contributed by atoms with Crippen LogP contribution in [0.4, 0.5) is 5.69 Å². The fourth-order valence-electron chi connectivity index (χ4n) is 3.11. The first kappa shape index (κ1) is 20.7. The van der Waals surface area contributed by atoms with Crippen molar-refractivity contribution in [3.63, 3.8) is 0 Å². The predicted molar refractivity (Wildman–Crippen MR) is 118 cm³/mol. The Kier molecular flexibility index (Phi) is 8.03. The number of carbonyl (C=O) groups excluding carboxylic acids is 1. The maximum absolute atomic E-state index is 12.5. The van der Waals surface area contributed by atoms with Gasteiger partial charge in [-0.1, -0.05) is 30.7 Å². The highest BCUT2D eigenvalue weighted by atomic mass is 35.5. The van der Waals surface area contributed by atoms with Crippen molar-refractivity contribution in [3.8, 4) is 0 Å². The molecule has 1 saturated heterocycles. The van der Waals surface area contributed by atoms with Crippen LogP contribution < -0.4 is 5.32 Å². The van der Waals surface area contributed by atoms with Gasteiger partial charge in [-0.3, -0.25) is 14.6 Å². The summed E-state index contributed by atoms with van der Waals surface area (Å²) in [5.74, 6) is 2.43. The summed E-state index contributed by atoms with van der Waals surface area (Å²) in [5.41, 5.74) is 2.12. The molecule has 4 nitrogen and oxygen atoms in total. The minimum atomic E-state index is 0.0195. The van der Waals surface area contributed by atoms with Gasteiger partial charge in [0.25, 0.3) is 0 Å². The van der Waals surface area contributed by atoms with Gasteiger partial charge in [-0.05, 0) is 36.4 Å². The quantitative estimate of drug-likeness (QED) is 0.682. The van der Waals surface area contributed by atoms with Crippen LogP contribution in [0.1, 0.15) is 17.4 Å². The Morgan fingerprint density at radius 3 is 2.78 bits per heavy atom. The van der Waals surface area contributed by atoms with Gasteiger partial charge in [-0.15, -0.1) is 11.3 Å². The van der Waals surface area contributed by atoms with Gasteiger partial charge in [0.1, 0.15) is 0 Å². The Morgan fingerprint density at radius 2 is 2.07 bits per heavy atom. The van der Waals surface area contributed by atoms with E-state index in [-0.39, 0.29) is 5.91 Å².